The molecule has 2 aromatic carbocycles. The Morgan fingerprint density at radius 1 is 1.00 bits per heavy atom. The Bertz CT molecular complexity index is 982. The number of nitrogens with zero attached hydrogens (tertiary/aromatic N) is 1. The molecule has 3 rings (SSSR count). The summed E-state index contributed by atoms with van der Waals surface area (Å²) in [7, 11) is -3.58. The van der Waals surface area contributed by atoms with Crippen LogP contribution in [0.2, 0.25) is 0 Å². The van der Waals surface area contributed by atoms with Crippen molar-refractivity contribution >= 4 is 21.6 Å². The van der Waals surface area contributed by atoms with Crippen molar-refractivity contribution < 1.29 is 13.2 Å². The van der Waals surface area contributed by atoms with Gasteiger partial charge in [-0.2, -0.15) is 0 Å². The van der Waals surface area contributed by atoms with Crippen LogP contribution in [0.4, 0.5) is 5.69 Å². The summed E-state index contributed by atoms with van der Waals surface area (Å²) in [4.78, 5) is 12.6. The lowest BCUT2D eigenvalue weighted by Gasteiger charge is -2.24. The molecule has 0 fully saturated rings. The Hall–Kier alpha value is -2.34. The molecule has 2 aromatic rings. The van der Waals surface area contributed by atoms with Gasteiger partial charge in [-0.1, -0.05) is 44.2 Å². The van der Waals surface area contributed by atoms with Crippen molar-refractivity contribution in [2.75, 3.05) is 17.1 Å². The van der Waals surface area contributed by atoms with Gasteiger partial charge in [-0.05, 0) is 66.5 Å². The van der Waals surface area contributed by atoms with E-state index in [-0.39, 0.29) is 18.5 Å². The first-order valence-electron chi connectivity index (χ1n) is 10.1. The molecule has 0 aliphatic heterocycles. The van der Waals surface area contributed by atoms with Crippen molar-refractivity contribution in [1.29, 1.82) is 0 Å². The quantitative estimate of drug-likeness (QED) is 0.746. The first-order chi connectivity index (χ1) is 13.6. The fourth-order valence-corrected chi connectivity index (χ4v) is 4.64. The van der Waals surface area contributed by atoms with Crippen LogP contribution >= 0.6 is 0 Å². The zero-order valence-corrected chi connectivity index (χ0v) is 18.4. The van der Waals surface area contributed by atoms with Gasteiger partial charge in [0, 0.05) is 0 Å². The van der Waals surface area contributed by atoms with Crippen LogP contribution in [0, 0.1) is 0 Å². The van der Waals surface area contributed by atoms with Crippen LogP contribution in [0.15, 0.2) is 42.5 Å². The van der Waals surface area contributed by atoms with Crippen LogP contribution in [0.1, 0.15) is 61.4 Å². The van der Waals surface area contributed by atoms with E-state index < -0.39 is 10.0 Å². The second-order valence-electron chi connectivity index (χ2n) is 8.19. The van der Waals surface area contributed by atoms with Gasteiger partial charge in [-0.3, -0.25) is 9.10 Å². The first-order valence-corrected chi connectivity index (χ1v) is 12.0. The Morgan fingerprint density at radius 2 is 1.62 bits per heavy atom. The molecule has 1 N–H and O–H groups in total. The van der Waals surface area contributed by atoms with Crippen LogP contribution < -0.4 is 9.62 Å². The standard InChI is InChI=1S/C23H30N2O3S/c1-16(2)18-10-12-22(13-11-18)25(29(4,27)28)15-23(26)24-17(3)20-9-8-19-6-5-7-21(19)14-20/h8-14,16-17H,5-7,15H2,1-4H3,(H,24,26)/t17-/m1/s1. The predicted octanol–water partition coefficient (Wildman–Crippen LogP) is 3.94. The molecule has 6 heteroatoms. The molecule has 0 heterocycles. The van der Waals surface area contributed by atoms with E-state index >= 15 is 0 Å². The van der Waals surface area contributed by atoms with Crippen LogP contribution in [0.3, 0.4) is 0 Å². The van der Waals surface area contributed by atoms with Crippen molar-refractivity contribution in [3.05, 3.63) is 64.7 Å². The monoisotopic (exact) mass is 414 g/mol. The Labute approximate surface area is 174 Å². The molecule has 0 radical (unpaired) electrons. The van der Waals surface area contributed by atoms with E-state index in [9.17, 15) is 13.2 Å². The SMILES string of the molecule is CC(C)c1ccc(N(CC(=O)N[C@H](C)c2ccc3c(c2)CCC3)S(C)(=O)=O)cc1. The first kappa shape index (κ1) is 21.4. The average molecular weight is 415 g/mol. The van der Waals surface area contributed by atoms with Crippen LogP contribution in [-0.2, 0) is 27.7 Å². The summed E-state index contributed by atoms with van der Waals surface area (Å²) in [6.07, 6.45) is 4.51. The molecule has 0 aromatic heterocycles. The van der Waals surface area contributed by atoms with Crippen molar-refractivity contribution in [2.24, 2.45) is 0 Å². The number of sulfonamides is 1. The molecule has 0 saturated heterocycles. The predicted molar refractivity (Wildman–Crippen MR) is 118 cm³/mol. The number of hydrogen-bond donors (Lipinski definition) is 1. The summed E-state index contributed by atoms with van der Waals surface area (Å²) < 4.78 is 25.8. The van der Waals surface area contributed by atoms with Crippen molar-refractivity contribution in [2.45, 2.75) is 52.0 Å². The number of nitrogens with one attached hydrogen (secondary N) is 1. The minimum atomic E-state index is -3.58. The Balaban J connectivity index is 1.71. The third-order valence-corrected chi connectivity index (χ3v) is 6.68. The van der Waals surface area contributed by atoms with E-state index in [4.69, 9.17) is 0 Å². The Morgan fingerprint density at radius 3 is 2.24 bits per heavy atom. The zero-order valence-electron chi connectivity index (χ0n) is 17.6. The lowest BCUT2D eigenvalue weighted by molar-refractivity contribution is -0.120. The van der Waals surface area contributed by atoms with Gasteiger partial charge in [0.25, 0.3) is 0 Å². The zero-order chi connectivity index (χ0) is 21.2. The smallest absolute Gasteiger partial charge is 0.241 e. The summed E-state index contributed by atoms with van der Waals surface area (Å²) in [5, 5.41) is 2.94. The fourth-order valence-electron chi connectivity index (χ4n) is 3.79. The molecule has 0 unspecified atom stereocenters. The number of benzene rings is 2. The van der Waals surface area contributed by atoms with Crippen LogP contribution in [0.25, 0.3) is 0 Å². The van der Waals surface area contributed by atoms with Gasteiger partial charge >= 0.3 is 0 Å². The normalized spacial score (nSPS) is 14.5. The van der Waals surface area contributed by atoms with Gasteiger partial charge in [-0.25, -0.2) is 8.42 Å². The third kappa shape index (κ3) is 5.18. The molecule has 29 heavy (non-hydrogen) atoms. The topological polar surface area (TPSA) is 66.5 Å². The number of rotatable bonds is 7. The lowest BCUT2D eigenvalue weighted by Crippen LogP contribution is -2.41. The van der Waals surface area contributed by atoms with E-state index in [2.05, 4.69) is 31.3 Å². The van der Waals surface area contributed by atoms with Crippen molar-refractivity contribution in [1.82, 2.24) is 5.32 Å². The summed E-state index contributed by atoms with van der Waals surface area (Å²) in [5.41, 5.74) is 5.41. The highest BCUT2D eigenvalue weighted by molar-refractivity contribution is 7.92. The molecule has 0 spiro atoms. The molecule has 0 bridgehead atoms. The van der Waals surface area contributed by atoms with Crippen LogP contribution in [0.5, 0.6) is 0 Å². The minimum absolute atomic E-state index is 0.182. The highest BCUT2D eigenvalue weighted by atomic mass is 32.2. The van der Waals surface area contributed by atoms with E-state index in [0.29, 0.717) is 11.6 Å². The molecular formula is C23H30N2O3S. The van der Waals surface area contributed by atoms with E-state index in [0.717, 1.165) is 34.5 Å². The molecule has 0 saturated carbocycles. The van der Waals surface area contributed by atoms with Crippen LogP contribution in [-0.4, -0.2) is 27.1 Å². The number of carbonyl (C=O) groups is 1. The number of aryl methyl sites for hydroxylation is 2. The maximum absolute atomic E-state index is 12.6. The maximum atomic E-state index is 12.6. The second kappa shape index (κ2) is 8.57. The van der Waals surface area contributed by atoms with Gasteiger partial charge in [0.15, 0.2) is 0 Å². The highest BCUT2D eigenvalue weighted by Gasteiger charge is 2.22. The molecule has 156 valence electrons. The van der Waals surface area contributed by atoms with E-state index in [1.165, 1.54) is 17.5 Å². The molecule has 1 aliphatic rings. The van der Waals surface area contributed by atoms with Gasteiger partial charge in [0.05, 0.1) is 18.0 Å². The van der Waals surface area contributed by atoms with Crippen molar-refractivity contribution in [3.8, 4) is 0 Å². The molecule has 1 amide bonds. The molecular weight excluding hydrogens is 384 g/mol. The van der Waals surface area contributed by atoms with E-state index in [1.54, 1.807) is 12.1 Å². The van der Waals surface area contributed by atoms with Gasteiger partial charge in [-0.15, -0.1) is 0 Å². The van der Waals surface area contributed by atoms with Gasteiger partial charge in [0.2, 0.25) is 15.9 Å². The number of fused-ring (bicyclic) bond motifs is 1. The average Bonchev–Trinajstić information content (AvgIpc) is 3.13. The number of hydrogen-bond acceptors (Lipinski definition) is 3. The second-order valence-corrected chi connectivity index (χ2v) is 10.1. The van der Waals surface area contributed by atoms with E-state index in [1.807, 2.05) is 25.1 Å². The minimum Gasteiger partial charge on any atom is -0.348 e. The molecule has 5 nitrogen and oxygen atoms in total. The molecule has 1 atom stereocenters. The fraction of sp³-hybridized carbons (Fsp3) is 0.435. The Kier molecular flexibility index (Phi) is 6.32. The van der Waals surface area contributed by atoms with Crippen molar-refractivity contribution in [3.63, 3.8) is 0 Å². The number of carbonyl (C=O) groups excluding carboxylic acids is 1. The summed E-state index contributed by atoms with van der Waals surface area (Å²) in [5.74, 6) is 0.0311. The number of anilines is 1. The number of amides is 1. The summed E-state index contributed by atoms with van der Waals surface area (Å²) in [6.45, 7) is 5.85. The highest BCUT2D eigenvalue weighted by Crippen LogP contribution is 2.26. The molecule has 1 aliphatic carbocycles. The third-order valence-electron chi connectivity index (χ3n) is 5.54. The largest absolute Gasteiger partial charge is 0.348 e. The van der Waals surface area contributed by atoms with Gasteiger partial charge < -0.3 is 5.32 Å². The lowest BCUT2D eigenvalue weighted by atomic mass is 10.0. The van der Waals surface area contributed by atoms with Gasteiger partial charge in [0.1, 0.15) is 6.54 Å². The summed E-state index contributed by atoms with van der Waals surface area (Å²) >= 11 is 0. The maximum Gasteiger partial charge on any atom is 0.241 e. The summed E-state index contributed by atoms with van der Waals surface area (Å²) in [6, 6.07) is 13.5.